The molecule has 3 aromatic rings. The number of aromatic nitrogens is 2. The first kappa shape index (κ1) is 22.2. The molecule has 1 saturated heterocycles. The maximum absolute atomic E-state index is 13.1. The number of nitrogens with zero attached hydrogens (tertiary/aromatic N) is 4. The molecule has 0 bridgehead atoms. The van der Waals surface area contributed by atoms with E-state index in [0.717, 1.165) is 29.5 Å². The van der Waals surface area contributed by atoms with Crippen LogP contribution >= 0.6 is 11.3 Å². The quantitative estimate of drug-likeness (QED) is 0.544. The summed E-state index contributed by atoms with van der Waals surface area (Å²) in [4.78, 5) is 22.7. The summed E-state index contributed by atoms with van der Waals surface area (Å²) in [6.45, 7) is 5.52. The van der Waals surface area contributed by atoms with Gasteiger partial charge >= 0.3 is 0 Å². The minimum absolute atomic E-state index is 0.0572. The molecule has 9 heteroatoms. The molecule has 4 rings (SSSR count). The molecule has 170 valence electrons. The van der Waals surface area contributed by atoms with E-state index in [1.807, 2.05) is 53.0 Å². The Morgan fingerprint density at radius 1 is 1.00 bits per heavy atom. The van der Waals surface area contributed by atoms with Gasteiger partial charge in [0.05, 0.1) is 27.0 Å². The second kappa shape index (κ2) is 9.62. The largest absolute Gasteiger partial charge is 0.493 e. The number of rotatable bonds is 7. The Morgan fingerprint density at radius 2 is 1.69 bits per heavy atom. The topological polar surface area (TPSA) is 69.1 Å². The van der Waals surface area contributed by atoms with Crippen LogP contribution in [0, 0.1) is 6.92 Å². The van der Waals surface area contributed by atoms with Crippen molar-refractivity contribution >= 4 is 17.2 Å². The van der Waals surface area contributed by atoms with Gasteiger partial charge in [-0.1, -0.05) is 17.4 Å². The molecule has 0 aliphatic carbocycles. The monoisotopic (exact) mass is 456 g/mol. The zero-order valence-electron chi connectivity index (χ0n) is 18.8. The lowest BCUT2D eigenvalue weighted by Gasteiger charge is -2.35. The van der Waals surface area contributed by atoms with E-state index in [2.05, 4.69) is 9.88 Å². The fourth-order valence-corrected chi connectivity index (χ4v) is 4.94. The number of hydrogen-bond acceptors (Lipinski definition) is 7. The average molecular weight is 457 g/mol. The lowest BCUT2D eigenvalue weighted by molar-refractivity contribution is 0.0631. The van der Waals surface area contributed by atoms with Crippen LogP contribution in [0.1, 0.15) is 20.9 Å². The Kier molecular flexibility index (Phi) is 6.66. The van der Waals surface area contributed by atoms with Crippen molar-refractivity contribution in [2.75, 3.05) is 47.5 Å². The molecule has 1 aliphatic rings. The van der Waals surface area contributed by atoms with E-state index in [1.54, 1.807) is 21.3 Å². The number of thiazole rings is 1. The van der Waals surface area contributed by atoms with Crippen molar-refractivity contribution in [2.24, 2.45) is 0 Å². The number of aryl methyl sites for hydroxylation is 1. The number of amides is 1. The Labute approximate surface area is 191 Å². The number of benzene rings is 1. The molecule has 1 aromatic carbocycles. The molecule has 32 heavy (non-hydrogen) atoms. The summed E-state index contributed by atoms with van der Waals surface area (Å²) >= 11 is 1.44. The van der Waals surface area contributed by atoms with Crippen LogP contribution in [0.2, 0.25) is 0 Å². The standard InChI is InChI=1S/C23H28N4O4S/c1-16-21(32-23(24-16)27-9-5-6-10-27)22(28)26-13-11-25(12-14-26)15-17-7-8-18(29-2)20(31-4)19(17)30-3/h5-10H,11-15H2,1-4H3. The smallest absolute Gasteiger partial charge is 0.266 e. The van der Waals surface area contributed by atoms with Crippen molar-refractivity contribution < 1.29 is 19.0 Å². The van der Waals surface area contributed by atoms with Crippen molar-refractivity contribution in [3.8, 4) is 22.4 Å². The van der Waals surface area contributed by atoms with Crippen LogP contribution in [0.3, 0.4) is 0 Å². The van der Waals surface area contributed by atoms with Crippen LogP contribution in [-0.2, 0) is 6.54 Å². The number of carbonyl (C=O) groups is 1. The van der Waals surface area contributed by atoms with Gasteiger partial charge in [0.25, 0.3) is 5.91 Å². The van der Waals surface area contributed by atoms with Crippen LogP contribution in [0.4, 0.5) is 0 Å². The summed E-state index contributed by atoms with van der Waals surface area (Å²) in [6, 6.07) is 7.79. The summed E-state index contributed by atoms with van der Waals surface area (Å²) in [5.74, 6) is 1.98. The van der Waals surface area contributed by atoms with Gasteiger partial charge in [-0.2, -0.15) is 0 Å². The van der Waals surface area contributed by atoms with Gasteiger partial charge in [0, 0.05) is 50.7 Å². The van der Waals surface area contributed by atoms with Gasteiger partial charge in [-0.15, -0.1) is 0 Å². The van der Waals surface area contributed by atoms with Crippen LogP contribution in [0.15, 0.2) is 36.7 Å². The minimum Gasteiger partial charge on any atom is -0.493 e. The molecular formula is C23H28N4O4S. The molecule has 1 fully saturated rings. The summed E-state index contributed by atoms with van der Waals surface area (Å²) < 4.78 is 18.4. The molecular weight excluding hydrogens is 428 g/mol. The van der Waals surface area contributed by atoms with Gasteiger partial charge in [-0.3, -0.25) is 9.69 Å². The number of ether oxygens (including phenoxy) is 3. The van der Waals surface area contributed by atoms with Crippen LogP contribution < -0.4 is 14.2 Å². The van der Waals surface area contributed by atoms with Crippen LogP contribution in [0.5, 0.6) is 17.2 Å². The number of piperazine rings is 1. The molecule has 0 radical (unpaired) electrons. The van der Waals surface area contributed by atoms with E-state index in [1.165, 1.54) is 11.3 Å². The minimum atomic E-state index is 0.0572. The second-order valence-corrected chi connectivity index (χ2v) is 8.54. The molecule has 0 saturated carbocycles. The Hall–Kier alpha value is -3.04. The van der Waals surface area contributed by atoms with E-state index in [4.69, 9.17) is 14.2 Å². The van der Waals surface area contributed by atoms with E-state index < -0.39 is 0 Å². The molecule has 1 amide bonds. The highest BCUT2D eigenvalue weighted by Gasteiger charge is 2.27. The zero-order chi connectivity index (χ0) is 22.7. The molecule has 0 atom stereocenters. The summed E-state index contributed by atoms with van der Waals surface area (Å²) in [5, 5.41) is 0.815. The van der Waals surface area contributed by atoms with Gasteiger partial charge in [0.15, 0.2) is 16.6 Å². The first-order valence-electron chi connectivity index (χ1n) is 10.5. The highest BCUT2D eigenvalue weighted by molar-refractivity contribution is 7.16. The maximum atomic E-state index is 13.1. The molecule has 1 aliphatic heterocycles. The summed E-state index contributed by atoms with van der Waals surface area (Å²) in [7, 11) is 4.86. The van der Waals surface area contributed by atoms with Crippen LogP contribution in [0.25, 0.3) is 5.13 Å². The van der Waals surface area contributed by atoms with E-state index in [9.17, 15) is 4.79 Å². The second-order valence-electron chi connectivity index (χ2n) is 7.56. The molecule has 0 unspecified atom stereocenters. The van der Waals surface area contributed by atoms with E-state index in [0.29, 0.717) is 41.8 Å². The fraction of sp³-hybridized carbons (Fsp3) is 0.391. The Balaban J connectivity index is 1.41. The van der Waals surface area contributed by atoms with Crippen molar-refractivity contribution in [1.29, 1.82) is 0 Å². The van der Waals surface area contributed by atoms with Crippen LogP contribution in [-0.4, -0.2) is 72.8 Å². The normalized spacial score (nSPS) is 14.4. The third-order valence-corrected chi connectivity index (χ3v) is 6.80. The zero-order valence-corrected chi connectivity index (χ0v) is 19.6. The van der Waals surface area contributed by atoms with Crippen molar-refractivity contribution in [1.82, 2.24) is 19.4 Å². The third kappa shape index (κ3) is 4.31. The number of hydrogen-bond donors (Lipinski definition) is 0. The van der Waals surface area contributed by atoms with Crippen molar-refractivity contribution in [3.05, 3.63) is 52.8 Å². The Morgan fingerprint density at radius 3 is 2.31 bits per heavy atom. The molecule has 2 aromatic heterocycles. The average Bonchev–Trinajstić information content (AvgIpc) is 3.48. The van der Waals surface area contributed by atoms with E-state index >= 15 is 0 Å². The highest BCUT2D eigenvalue weighted by Crippen LogP contribution is 2.40. The van der Waals surface area contributed by atoms with Crippen molar-refractivity contribution in [3.63, 3.8) is 0 Å². The summed E-state index contributed by atoms with van der Waals surface area (Å²) in [5.41, 5.74) is 1.81. The molecule has 0 N–H and O–H groups in total. The molecule has 8 nitrogen and oxygen atoms in total. The van der Waals surface area contributed by atoms with Crippen molar-refractivity contribution in [2.45, 2.75) is 13.5 Å². The molecule has 0 spiro atoms. The van der Waals surface area contributed by atoms with Gasteiger partial charge in [-0.25, -0.2) is 4.98 Å². The summed E-state index contributed by atoms with van der Waals surface area (Å²) in [6.07, 6.45) is 3.88. The van der Waals surface area contributed by atoms with Gasteiger partial charge in [-0.05, 0) is 25.1 Å². The van der Waals surface area contributed by atoms with Gasteiger partial charge in [0.2, 0.25) is 5.75 Å². The lowest BCUT2D eigenvalue weighted by atomic mass is 10.1. The maximum Gasteiger partial charge on any atom is 0.266 e. The highest BCUT2D eigenvalue weighted by atomic mass is 32.1. The first-order valence-corrected chi connectivity index (χ1v) is 11.3. The predicted molar refractivity (Wildman–Crippen MR) is 123 cm³/mol. The van der Waals surface area contributed by atoms with E-state index in [-0.39, 0.29) is 5.91 Å². The van der Waals surface area contributed by atoms with Gasteiger partial charge in [0.1, 0.15) is 4.88 Å². The lowest BCUT2D eigenvalue weighted by Crippen LogP contribution is -2.48. The Bertz CT molecular complexity index is 1070. The first-order chi connectivity index (χ1) is 15.5. The van der Waals surface area contributed by atoms with Gasteiger partial charge < -0.3 is 23.7 Å². The molecule has 3 heterocycles. The third-order valence-electron chi connectivity index (χ3n) is 5.64. The SMILES string of the molecule is COc1ccc(CN2CCN(C(=O)c3sc(-n4cccc4)nc3C)CC2)c(OC)c1OC. The fourth-order valence-electron chi connectivity index (χ4n) is 3.93. The number of carbonyl (C=O) groups excluding carboxylic acids is 1. The number of methoxy groups -OCH3 is 3. The predicted octanol–water partition coefficient (Wildman–Crippen LogP) is 3.23.